The molecule has 1 amide bonds. The van der Waals surface area contributed by atoms with Crippen LogP contribution in [0, 0.1) is 13.8 Å². The van der Waals surface area contributed by atoms with Crippen LogP contribution in [0.4, 0.5) is 5.69 Å². The van der Waals surface area contributed by atoms with Gasteiger partial charge in [-0.05, 0) is 49.9 Å². The number of amides is 1. The summed E-state index contributed by atoms with van der Waals surface area (Å²) in [6.45, 7) is 4.79. The van der Waals surface area contributed by atoms with Gasteiger partial charge in [0.15, 0.2) is 0 Å². The summed E-state index contributed by atoms with van der Waals surface area (Å²) in [4.78, 5) is 11.8. The lowest BCUT2D eigenvalue weighted by Crippen LogP contribution is -2.26. The van der Waals surface area contributed by atoms with Crippen molar-refractivity contribution in [3.8, 4) is 0 Å². The molecule has 1 fully saturated rings. The molecule has 0 radical (unpaired) electrons. The van der Waals surface area contributed by atoms with Crippen LogP contribution in [0.15, 0.2) is 18.2 Å². The number of anilines is 1. The molecule has 1 aliphatic rings. The van der Waals surface area contributed by atoms with Gasteiger partial charge in [-0.3, -0.25) is 4.79 Å². The summed E-state index contributed by atoms with van der Waals surface area (Å²) < 4.78 is 5.33. The number of hydrogen-bond acceptors (Lipinski definition) is 2. The van der Waals surface area contributed by atoms with Gasteiger partial charge in [0, 0.05) is 12.3 Å². The van der Waals surface area contributed by atoms with Crippen LogP contribution >= 0.6 is 0 Å². The quantitative estimate of drug-likeness (QED) is 0.829. The molecule has 86 valence electrons. The second-order valence-electron chi connectivity index (χ2n) is 4.29. The fraction of sp³-hybridized carbons (Fsp3) is 0.462. The number of nitrogens with one attached hydrogen (secondary N) is 1. The van der Waals surface area contributed by atoms with Crippen molar-refractivity contribution in [3.05, 3.63) is 29.3 Å². The maximum atomic E-state index is 11.8. The third-order valence-electron chi connectivity index (χ3n) is 3.00. The summed E-state index contributed by atoms with van der Waals surface area (Å²) in [5.74, 6) is -0.0271. The average molecular weight is 219 g/mol. The fourth-order valence-corrected chi connectivity index (χ4v) is 1.83. The molecule has 0 spiro atoms. The molecule has 1 saturated heterocycles. The number of aryl methyl sites for hydroxylation is 2. The molecule has 0 saturated carbocycles. The minimum atomic E-state index is -0.262. The lowest BCUT2D eigenvalue weighted by atomic mass is 10.1. The minimum absolute atomic E-state index is 0.0271. The predicted octanol–water partition coefficient (Wildman–Crippen LogP) is 2.42. The van der Waals surface area contributed by atoms with Crippen LogP contribution in [-0.2, 0) is 9.53 Å². The van der Waals surface area contributed by atoms with Crippen LogP contribution in [0.3, 0.4) is 0 Å². The number of ether oxygens (including phenoxy) is 1. The highest BCUT2D eigenvalue weighted by molar-refractivity contribution is 5.94. The monoisotopic (exact) mass is 219 g/mol. The molecule has 1 atom stereocenters. The molecule has 3 nitrogen and oxygen atoms in total. The lowest BCUT2D eigenvalue weighted by molar-refractivity contribution is -0.124. The second kappa shape index (κ2) is 4.66. The van der Waals surface area contributed by atoms with E-state index in [1.54, 1.807) is 0 Å². The highest BCUT2D eigenvalue weighted by Gasteiger charge is 2.23. The zero-order valence-electron chi connectivity index (χ0n) is 9.75. The van der Waals surface area contributed by atoms with Crippen molar-refractivity contribution < 1.29 is 9.53 Å². The number of benzene rings is 1. The first-order chi connectivity index (χ1) is 7.66. The first-order valence-corrected chi connectivity index (χ1v) is 5.66. The van der Waals surface area contributed by atoms with Crippen molar-refractivity contribution >= 4 is 11.6 Å². The SMILES string of the molecule is Cc1ccc(NC(=O)[C@@H]2CCCO2)cc1C. The summed E-state index contributed by atoms with van der Waals surface area (Å²) >= 11 is 0. The van der Waals surface area contributed by atoms with Crippen LogP contribution in [0.1, 0.15) is 24.0 Å². The molecule has 0 unspecified atom stereocenters. The van der Waals surface area contributed by atoms with Crippen LogP contribution in [0.2, 0.25) is 0 Å². The van der Waals surface area contributed by atoms with Gasteiger partial charge in [0.2, 0.25) is 0 Å². The molecule has 0 aliphatic carbocycles. The Morgan fingerprint density at radius 1 is 1.38 bits per heavy atom. The van der Waals surface area contributed by atoms with Crippen molar-refractivity contribution in [1.82, 2.24) is 0 Å². The fourth-order valence-electron chi connectivity index (χ4n) is 1.83. The van der Waals surface area contributed by atoms with Crippen LogP contribution in [0.25, 0.3) is 0 Å². The van der Waals surface area contributed by atoms with Crippen LogP contribution in [0.5, 0.6) is 0 Å². The largest absolute Gasteiger partial charge is 0.368 e. The molecule has 0 bridgehead atoms. The van der Waals surface area contributed by atoms with E-state index in [4.69, 9.17) is 4.74 Å². The third kappa shape index (κ3) is 2.42. The number of carbonyl (C=O) groups excluding carboxylic acids is 1. The Hall–Kier alpha value is -1.35. The van der Waals surface area contributed by atoms with Gasteiger partial charge < -0.3 is 10.1 Å². The summed E-state index contributed by atoms with van der Waals surface area (Å²) in [5.41, 5.74) is 3.27. The highest BCUT2D eigenvalue weighted by Crippen LogP contribution is 2.17. The zero-order chi connectivity index (χ0) is 11.5. The van der Waals surface area contributed by atoms with E-state index in [0.29, 0.717) is 6.61 Å². The van der Waals surface area contributed by atoms with E-state index in [2.05, 4.69) is 12.2 Å². The zero-order valence-corrected chi connectivity index (χ0v) is 9.75. The number of rotatable bonds is 2. The summed E-state index contributed by atoms with van der Waals surface area (Å²) in [5, 5.41) is 2.89. The van der Waals surface area contributed by atoms with Gasteiger partial charge in [-0.15, -0.1) is 0 Å². The van der Waals surface area contributed by atoms with E-state index in [9.17, 15) is 4.79 Å². The Bertz CT molecular complexity index is 395. The standard InChI is InChI=1S/C13H17NO2/c1-9-5-6-11(8-10(9)2)14-13(15)12-4-3-7-16-12/h5-6,8,12H,3-4,7H2,1-2H3,(H,14,15)/t12-/m0/s1. The highest BCUT2D eigenvalue weighted by atomic mass is 16.5. The molecule has 1 N–H and O–H groups in total. The molecule has 16 heavy (non-hydrogen) atoms. The summed E-state index contributed by atoms with van der Waals surface area (Å²) in [7, 11) is 0. The van der Waals surface area contributed by atoms with Gasteiger partial charge in [-0.2, -0.15) is 0 Å². The summed E-state index contributed by atoms with van der Waals surface area (Å²) in [6.07, 6.45) is 1.54. The van der Waals surface area contributed by atoms with Gasteiger partial charge >= 0.3 is 0 Å². The van der Waals surface area contributed by atoms with Gasteiger partial charge in [-0.25, -0.2) is 0 Å². The number of hydrogen-bond donors (Lipinski definition) is 1. The second-order valence-corrected chi connectivity index (χ2v) is 4.29. The van der Waals surface area contributed by atoms with E-state index in [1.807, 2.05) is 25.1 Å². The molecule has 1 aromatic carbocycles. The first-order valence-electron chi connectivity index (χ1n) is 5.66. The van der Waals surface area contributed by atoms with E-state index < -0.39 is 0 Å². The predicted molar refractivity (Wildman–Crippen MR) is 63.5 cm³/mol. The Kier molecular flexibility index (Phi) is 3.25. The maximum absolute atomic E-state index is 11.8. The van der Waals surface area contributed by atoms with Gasteiger partial charge in [0.05, 0.1) is 0 Å². The van der Waals surface area contributed by atoms with Crippen LogP contribution in [-0.4, -0.2) is 18.6 Å². The smallest absolute Gasteiger partial charge is 0.253 e. The molecule has 1 heterocycles. The molecule has 1 aliphatic heterocycles. The molecule has 2 rings (SSSR count). The molecule has 1 aromatic rings. The van der Waals surface area contributed by atoms with Gasteiger partial charge in [0.1, 0.15) is 6.10 Å². The lowest BCUT2D eigenvalue weighted by Gasteiger charge is -2.11. The molecular weight excluding hydrogens is 202 g/mol. The van der Waals surface area contributed by atoms with Gasteiger partial charge in [0.25, 0.3) is 5.91 Å². The number of carbonyl (C=O) groups is 1. The Labute approximate surface area is 95.8 Å². The van der Waals surface area contributed by atoms with E-state index in [0.717, 1.165) is 18.5 Å². The van der Waals surface area contributed by atoms with Crippen molar-refractivity contribution in [2.75, 3.05) is 11.9 Å². The summed E-state index contributed by atoms with van der Waals surface area (Å²) in [6, 6.07) is 5.93. The Morgan fingerprint density at radius 2 is 2.19 bits per heavy atom. The van der Waals surface area contributed by atoms with Crippen molar-refractivity contribution in [2.45, 2.75) is 32.8 Å². The van der Waals surface area contributed by atoms with E-state index in [-0.39, 0.29) is 12.0 Å². The van der Waals surface area contributed by atoms with Crippen LogP contribution < -0.4 is 5.32 Å². The molecular formula is C13H17NO2. The first kappa shape index (κ1) is 11.1. The topological polar surface area (TPSA) is 38.3 Å². The third-order valence-corrected chi connectivity index (χ3v) is 3.00. The van der Waals surface area contributed by atoms with Crippen molar-refractivity contribution in [2.24, 2.45) is 0 Å². The molecule has 3 heteroatoms. The average Bonchev–Trinajstić information content (AvgIpc) is 2.77. The normalized spacial score (nSPS) is 19.8. The van der Waals surface area contributed by atoms with Crippen molar-refractivity contribution in [1.29, 1.82) is 0 Å². The van der Waals surface area contributed by atoms with E-state index >= 15 is 0 Å². The molecule has 0 aromatic heterocycles. The van der Waals surface area contributed by atoms with Gasteiger partial charge in [-0.1, -0.05) is 6.07 Å². The Balaban J connectivity index is 2.02. The Morgan fingerprint density at radius 3 is 2.81 bits per heavy atom. The minimum Gasteiger partial charge on any atom is -0.368 e. The van der Waals surface area contributed by atoms with Crippen molar-refractivity contribution in [3.63, 3.8) is 0 Å². The van der Waals surface area contributed by atoms with E-state index in [1.165, 1.54) is 11.1 Å². The maximum Gasteiger partial charge on any atom is 0.253 e.